The van der Waals surface area contributed by atoms with Crippen LogP contribution < -0.4 is 14.8 Å². The van der Waals surface area contributed by atoms with Crippen molar-refractivity contribution in [2.24, 2.45) is 5.92 Å². The summed E-state index contributed by atoms with van der Waals surface area (Å²) in [5.41, 5.74) is 1.22. The van der Waals surface area contributed by atoms with Gasteiger partial charge in [-0.1, -0.05) is 19.9 Å². The second kappa shape index (κ2) is 7.50. The molecule has 1 aromatic carbocycles. The molecule has 1 atom stereocenters. The predicted octanol–water partition coefficient (Wildman–Crippen LogP) is 3.13. The van der Waals surface area contributed by atoms with Gasteiger partial charge in [-0.05, 0) is 43.5 Å². The van der Waals surface area contributed by atoms with E-state index in [4.69, 9.17) is 14.2 Å². The summed E-state index contributed by atoms with van der Waals surface area (Å²) < 4.78 is 16.3. The fraction of sp³-hybridized carbons (Fsp3) is 0.625. The monoisotopic (exact) mass is 279 g/mol. The van der Waals surface area contributed by atoms with Gasteiger partial charge in [0.05, 0.1) is 0 Å². The van der Waals surface area contributed by atoms with Gasteiger partial charge < -0.3 is 19.5 Å². The maximum Gasteiger partial charge on any atom is 0.231 e. The van der Waals surface area contributed by atoms with Crippen molar-refractivity contribution in [1.29, 1.82) is 0 Å². The van der Waals surface area contributed by atoms with E-state index in [1.54, 1.807) is 0 Å². The van der Waals surface area contributed by atoms with Gasteiger partial charge in [0.15, 0.2) is 11.5 Å². The van der Waals surface area contributed by atoms with Gasteiger partial charge in [-0.2, -0.15) is 0 Å². The molecule has 0 fully saturated rings. The van der Waals surface area contributed by atoms with Crippen LogP contribution in [0.5, 0.6) is 11.5 Å². The smallest absolute Gasteiger partial charge is 0.231 e. The van der Waals surface area contributed by atoms with E-state index >= 15 is 0 Å². The third-order valence-electron chi connectivity index (χ3n) is 3.26. The Morgan fingerprint density at radius 2 is 2.00 bits per heavy atom. The van der Waals surface area contributed by atoms with Crippen LogP contribution >= 0.6 is 0 Å². The average Bonchev–Trinajstić information content (AvgIpc) is 2.89. The van der Waals surface area contributed by atoms with Gasteiger partial charge in [0.1, 0.15) is 0 Å². The normalized spacial score (nSPS) is 14.8. The number of ether oxygens (including phenoxy) is 3. The third-order valence-corrected chi connectivity index (χ3v) is 3.26. The molecule has 4 nitrogen and oxygen atoms in total. The van der Waals surface area contributed by atoms with Crippen LogP contribution in [-0.2, 0) is 4.74 Å². The Bertz CT molecular complexity index is 420. The van der Waals surface area contributed by atoms with Crippen LogP contribution in [0.15, 0.2) is 18.2 Å². The summed E-state index contributed by atoms with van der Waals surface area (Å²) in [5, 5.41) is 3.50. The lowest BCUT2D eigenvalue weighted by Crippen LogP contribution is -2.21. The fourth-order valence-corrected chi connectivity index (χ4v) is 2.11. The van der Waals surface area contributed by atoms with E-state index in [2.05, 4.69) is 38.2 Å². The van der Waals surface area contributed by atoms with E-state index in [9.17, 15) is 0 Å². The van der Waals surface area contributed by atoms with Crippen molar-refractivity contribution in [3.05, 3.63) is 23.8 Å². The minimum absolute atomic E-state index is 0.301. The van der Waals surface area contributed by atoms with Crippen LogP contribution in [-0.4, -0.2) is 26.6 Å². The van der Waals surface area contributed by atoms with E-state index in [-0.39, 0.29) is 0 Å². The van der Waals surface area contributed by atoms with Gasteiger partial charge in [-0.3, -0.25) is 0 Å². The highest BCUT2D eigenvalue weighted by atomic mass is 16.7. The van der Waals surface area contributed by atoms with Gasteiger partial charge in [-0.15, -0.1) is 0 Å². The van der Waals surface area contributed by atoms with Gasteiger partial charge in [0.25, 0.3) is 0 Å². The molecular weight excluding hydrogens is 254 g/mol. The highest BCUT2D eigenvalue weighted by molar-refractivity contribution is 5.45. The number of fused-ring (bicyclic) bond motifs is 1. The Morgan fingerprint density at radius 1 is 1.20 bits per heavy atom. The molecule has 112 valence electrons. The van der Waals surface area contributed by atoms with Gasteiger partial charge in [-0.25, -0.2) is 0 Å². The highest BCUT2D eigenvalue weighted by Crippen LogP contribution is 2.34. The molecule has 1 aliphatic heterocycles. The minimum atomic E-state index is 0.301. The maximum atomic E-state index is 5.57. The topological polar surface area (TPSA) is 39.7 Å². The molecule has 1 aromatic rings. The molecule has 0 aliphatic carbocycles. The van der Waals surface area contributed by atoms with Crippen molar-refractivity contribution in [1.82, 2.24) is 5.32 Å². The second-order valence-corrected chi connectivity index (χ2v) is 5.61. The van der Waals surface area contributed by atoms with Crippen molar-refractivity contribution in [2.45, 2.75) is 33.2 Å². The predicted molar refractivity (Wildman–Crippen MR) is 79.3 cm³/mol. The molecule has 1 N–H and O–H groups in total. The highest BCUT2D eigenvalue weighted by Gasteiger charge is 2.15. The van der Waals surface area contributed by atoms with E-state index in [1.165, 1.54) is 5.56 Å². The summed E-state index contributed by atoms with van der Waals surface area (Å²) >= 11 is 0. The quantitative estimate of drug-likeness (QED) is 0.742. The van der Waals surface area contributed by atoms with Crippen LogP contribution in [0.4, 0.5) is 0 Å². The minimum Gasteiger partial charge on any atom is -0.454 e. The first-order chi connectivity index (χ1) is 9.66. The standard InChI is InChI=1S/C16H25NO3/c1-12(2)10-18-8-4-7-17-13(3)14-5-6-15-16(9-14)20-11-19-15/h5-6,9,12-13,17H,4,7-8,10-11H2,1-3H3. The Kier molecular flexibility index (Phi) is 5.68. The molecule has 1 unspecified atom stereocenters. The zero-order valence-electron chi connectivity index (χ0n) is 12.6. The molecule has 0 saturated carbocycles. The van der Waals surface area contributed by atoms with Crippen molar-refractivity contribution >= 4 is 0 Å². The Balaban J connectivity index is 1.68. The molecule has 0 spiro atoms. The van der Waals surface area contributed by atoms with Crippen molar-refractivity contribution in [2.75, 3.05) is 26.6 Å². The Morgan fingerprint density at radius 3 is 2.80 bits per heavy atom. The fourth-order valence-electron chi connectivity index (χ4n) is 2.11. The van der Waals surface area contributed by atoms with Crippen LogP contribution in [0.2, 0.25) is 0 Å². The molecule has 1 aliphatic rings. The third kappa shape index (κ3) is 4.39. The number of rotatable bonds is 8. The number of nitrogens with one attached hydrogen (secondary N) is 1. The Labute approximate surface area is 121 Å². The Hall–Kier alpha value is -1.26. The molecular formula is C16H25NO3. The molecule has 0 radical (unpaired) electrons. The molecule has 0 bridgehead atoms. The number of hydrogen-bond acceptors (Lipinski definition) is 4. The molecule has 0 aromatic heterocycles. The summed E-state index contributed by atoms with van der Waals surface area (Å²) in [6.45, 7) is 9.44. The summed E-state index contributed by atoms with van der Waals surface area (Å²) in [6.07, 6.45) is 1.03. The first kappa shape index (κ1) is 15.1. The zero-order valence-corrected chi connectivity index (χ0v) is 12.6. The number of hydrogen-bond donors (Lipinski definition) is 1. The molecule has 1 heterocycles. The van der Waals surface area contributed by atoms with Crippen molar-refractivity contribution in [3.8, 4) is 11.5 Å². The van der Waals surface area contributed by atoms with Crippen LogP contribution in [0.25, 0.3) is 0 Å². The zero-order chi connectivity index (χ0) is 14.4. The van der Waals surface area contributed by atoms with Crippen molar-refractivity contribution < 1.29 is 14.2 Å². The second-order valence-electron chi connectivity index (χ2n) is 5.61. The van der Waals surface area contributed by atoms with Crippen LogP contribution in [0.1, 0.15) is 38.8 Å². The summed E-state index contributed by atoms with van der Waals surface area (Å²) in [7, 11) is 0. The lowest BCUT2D eigenvalue weighted by Gasteiger charge is -2.15. The van der Waals surface area contributed by atoms with E-state index < -0.39 is 0 Å². The lowest BCUT2D eigenvalue weighted by atomic mass is 10.1. The van der Waals surface area contributed by atoms with E-state index in [1.807, 2.05) is 6.07 Å². The lowest BCUT2D eigenvalue weighted by molar-refractivity contribution is 0.107. The van der Waals surface area contributed by atoms with Gasteiger partial charge >= 0.3 is 0 Å². The van der Waals surface area contributed by atoms with Gasteiger partial charge in [0, 0.05) is 19.3 Å². The molecule has 2 rings (SSSR count). The SMILES string of the molecule is CC(C)COCCCNC(C)c1ccc2c(c1)OCO2. The first-order valence-corrected chi connectivity index (χ1v) is 7.37. The van der Waals surface area contributed by atoms with Crippen LogP contribution in [0.3, 0.4) is 0 Å². The average molecular weight is 279 g/mol. The largest absolute Gasteiger partial charge is 0.454 e. The van der Waals surface area contributed by atoms with Crippen molar-refractivity contribution in [3.63, 3.8) is 0 Å². The van der Waals surface area contributed by atoms with Crippen LogP contribution in [0, 0.1) is 5.92 Å². The van der Waals surface area contributed by atoms with E-state index in [0.717, 1.165) is 37.7 Å². The first-order valence-electron chi connectivity index (χ1n) is 7.37. The van der Waals surface area contributed by atoms with E-state index in [0.29, 0.717) is 18.8 Å². The molecule has 4 heteroatoms. The van der Waals surface area contributed by atoms with Gasteiger partial charge in [0.2, 0.25) is 6.79 Å². The molecule has 0 saturated heterocycles. The summed E-state index contributed by atoms with van der Waals surface area (Å²) in [4.78, 5) is 0. The summed E-state index contributed by atoms with van der Waals surface area (Å²) in [5.74, 6) is 2.29. The maximum absolute atomic E-state index is 5.57. The molecule has 0 amide bonds. The molecule has 20 heavy (non-hydrogen) atoms. The number of benzene rings is 1. The summed E-state index contributed by atoms with van der Waals surface area (Å²) in [6, 6.07) is 6.41.